The van der Waals surface area contributed by atoms with E-state index >= 15 is 4.39 Å². The third-order valence-corrected chi connectivity index (χ3v) is 7.10. The molecular formula is C29H26FN7O2. The van der Waals surface area contributed by atoms with Crippen molar-refractivity contribution in [2.24, 2.45) is 5.92 Å². The maximum Gasteiger partial charge on any atom is 0.264 e. The highest BCUT2D eigenvalue weighted by atomic mass is 19.1. The van der Waals surface area contributed by atoms with Gasteiger partial charge in [0, 0.05) is 24.7 Å². The number of nitriles is 1. The van der Waals surface area contributed by atoms with E-state index in [0.717, 1.165) is 25.7 Å². The monoisotopic (exact) mass is 523 g/mol. The summed E-state index contributed by atoms with van der Waals surface area (Å²) in [7, 11) is 0. The molecule has 1 unspecified atom stereocenters. The smallest absolute Gasteiger partial charge is 0.264 e. The van der Waals surface area contributed by atoms with Crippen LogP contribution in [0.5, 0.6) is 11.5 Å². The number of likely N-dealkylation sites (tertiary alicyclic amines) is 1. The van der Waals surface area contributed by atoms with Gasteiger partial charge in [-0.05, 0) is 55.9 Å². The first kappa shape index (κ1) is 24.6. The van der Waals surface area contributed by atoms with Crippen molar-refractivity contribution in [3.8, 4) is 28.8 Å². The largest absolute Gasteiger partial charge is 0.457 e. The Bertz CT molecular complexity index is 1620. The number of benzene rings is 2. The fourth-order valence-electron chi connectivity index (χ4n) is 4.98. The molecule has 10 heteroatoms. The third kappa shape index (κ3) is 4.91. The maximum atomic E-state index is 15.5. The van der Waals surface area contributed by atoms with Gasteiger partial charge in [-0.2, -0.15) is 10.4 Å². The summed E-state index contributed by atoms with van der Waals surface area (Å²) in [5.74, 6) is 0.667. The molecule has 1 aliphatic heterocycles. The van der Waals surface area contributed by atoms with Crippen molar-refractivity contribution < 1.29 is 13.9 Å². The van der Waals surface area contributed by atoms with Gasteiger partial charge in [0.1, 0.15) is 46.8 Å². The Labute approximate surface area is 224 Å². The van der Waals surface area contributed by atoms with Gasteiger partial charge in [-0.15, -0.1) is 0 Å². The Morgan fingerprint density at radius 2 is 1.95 bits per heavy atom. The molecule has 3 heterocycles. The Morgan fingerprint density at radius 1 is 1.13 bits per heavy atom. The van der Waals surface area contributed by atoms with E-state index in [2.05, 4.69) is 16.0 Å². The van der Waals surface area contributed by atoms with E-state index in [9.17, 15) is 10.1 Å². The molecular weight excluding hydrogens is 497 g/mol. The second kappa shape index (κ2) is 10.2. The lowest BCUT2D eigenvalue weighted by Crippen LogP contribution is -2.41. The van der Waals surface area contributed by atoms with Crippen LogP contribution in [0.3, 0.4) is 0 Å². The number of hydrogen-bond donors (Lipinski definition) is 1. The summed E-state index contributed by atoms with van der Waals surface area (Å²) in [4.78, 5) is 23.4. The predicted octanol–water partition coefficient (Wildman–Crippen LogP) is 5.03. The highest BCUT2D eigenvalue weighted by Gasteiger charge is 2.31. The van der Waals surface area contributed by atoms with Crippen LogP contribution in [0.15, 0.2) is 66.5 Å². The summed E-state index contributed by atoms with van der Waals surface area (Å²) in [6.07, 6.45) is 6.64. The minimum Gasteiger partial charge on any atom is -0.457 e. The zero-order chi connectivity index (χ0) is 26.9. The van der Waals surface area contributed by atoms with E-state index in [-0.39, 0.29) is 28.9 Å². The predicted molar refractivity (Wildman–Crippen MR) is 143 cm³/mol. The molecule has 1 atom stereocenters. The molecule has 4 aromatic rings. The van der Waals surface area contributed by atoms with Gasteiger partial charge in [0.05, 0.1) is 11.4 Å². The van der Waals surface area contributed by atoms with Crippen LogP contribution < -0.4 is 10.5 Å². The van der Waals surface area contributed by atoms with E-state index < -0.39 is 5.82 Å². The quantitative estimate of drug-likeness (QED) is 0.278. The molecule has 39 heavy (non-hydrogen) atoms. The number of halogens is 1. The number of nitrogens with two attached hydrogens (primary N) is 1. The molecule has 1 saturated carbocycles. The first-order valence-corrected chi connectivity index (χ1v) is 12.9. The normalized spacial score (nSPS) is 17.7. The van der Waals surface area contributed by atoms with Crippen LogP contribution in [0.4, 0.5) is 10.2 Å². The number of nitrogens with zero attached hydrogens (tertiary/aromatic N) is 6. The van der Waals surface area contributed by atoms with E-state index in [0.29, 0.717) is 47.2 Å². The average molecular weight is 524 g/mol. The van der Waals surface area contributed by atoms with Gasteiger partial charge in [-0.3, -0.25) is 4.79 Å². The highest BCUT2D eigenvalue weighted by Crippen LogP contribution is 2.37. The molecule has 1 aliphatic carbocycles. The summed E-state index contributed by atoms with van der Waals surface area (Å²) in [5, 5.41) is 14.8. The van der Waals surface area contributed by atoms with Crippen LogP contribution in [0.25, 0.3) is 22.3 Å². The zero-order valence-corrected chi connectivity index (χ0v) is 21.1. The van der Waals surface area contributed by atoms with Crippen molar-refractivity contribution in [2.45, 2.75) is 31.7 Å². The molecule has 0 radical (unpaired) electrons. The number of allylic oxidation sites excluding steroid dienone is 1. The Balaban J connectivity index is 1.33. The summed E-state index contributed by atoms with van der Waals surface area (Å²) >= 11 is 0. The number of anilines is 1. The molecule has 1 saturated heterocycles. The Morgan fingerprint density at radius 3 is 2.69 bits per heavy atom. The number of carbonyl (C=O) groups excluding carboxylic acids is 1. The standard InChI is InChI=1S/C29H26FN7O2/c30-24-14-22(39-21-6-2-1-3-7-21)10-11-23(24)26-25-27(32)33-17-34-28(25)37(35-26)20-5-4-12-36(16-20)29(38)19(15-31)13-18-8-9-18/h1-3,6-7,10-11,13-14,17-18,20H,4-5,8-9,12,16H2,(H2,32,33,34). The maximum absolute atomic E-state index is 15.5. The lowest BCUT2D eigenvalue weighted by atomic mass is 10.0. The van der Waals surface area contributed by atoms with Crippen molar-refractivity contribution in [1.29, 1.82) is 5.26 Å². The average Bonchev–Trinajstić information content (AvgIpc) is 3.70. The number of carbonyl (C=O) groups is 1. The fraction of sp³-hybridized carbons (Fsp3) is 0.276. The minimum atomic E-state index is -0.525. The summed E-state index contributed by atoms with van der Waals surface area (Å²) < 4.78 is 22.9. The molecule has 2 fully saturated rings. The number of hydrogen-bond acceptors (Lipinski definition) is 7. The van der Waals surface area contributed by atoms with Crippen molar-refractivity contribution in [3.05, 3.63) is 72.3 Å². The number of ether oxygens (including phenoxy) is 1. The molecule has 0 bridgehead atoms. The number of amides is 1. The summed E-state index contributed by atoms with van der Waals surface area (Å²) in [5.41, 5.74) is 7.46. The van der Waals surface area contributed by atoms with Gasteiger partial charge < -0.3 is 15.4 Å². The van der Waals surface area contributed by atoms with Crippen molar-refractivity contribution in [1.82, 2.24) is 24.6 Å². The van der Waals surface area contributed by atoms with Crippen LogP contribution >= 0.6 is 0 Å². The SMILES string of the molecule is N#CC(=CC1CC1)C(=O)N1CCCC(n2nc(-c3ccc(Oc4ccccc4)cc3F)c3c(N)ncnc32)C1. The van der Waals surface area contributed by atoms with Gasteiger partial charge in [0.15, 0.2) is 5.65 Å². The number of aromatic nitrogens is 4. The number of para-hydroxylation sites is 1. The van der Waals surface area contributed by atoms with Crippen molar-refractivity contribution in [3.63, 3.8) is 0 Å². The lowest BCUT2D eigenvalue weighted by Gasteiger charge is -2.32. The molecule has 0 spiro atoms. The Kier molecular flexibility index (Phi) is 6.40. The van der Waals surface area contributed by atoms with Gasteiger partial charge in [-0.1, -0.05) is 24.3 Å². The highest BCUT2D eigenvalue weighted by molar-refractivity contribution is 5.99. The number of piperidine rings is 1. The van der Waals surface area contributed by atoms with Crippen LogP contribution in [0, 0.1) is 23.1 Å². The summed E-state index contributed by atoms with van der Waals surface area (Å²) in [6, 6.07) is 15.6. The van der Waals surface area contributed by atoms with Gasteiger partial charge in [0.2, 0.25) is 0 Å². The van der Waals surface area contributed by atoms with Crippen LogP contribution in [-0.2, 0) is 4.79 Å². The molecule has 2 aromatic heterocycles. The van der Waals surface area contributed by atoms with Gasteiger partial charge in [-0.25, -0.2) is 19.0 Å². The second-order valence-corrected chi connectivity index (χ2v) is 9.88. The third-order valence-electron chi connectivity index (χ3n) is 7.10. The number of fused-ring (bicyclic) bond motifs is 1. The van der Waals surface area contributed by atoms with Crippen LogP contribution in [0.2, 0.25) is 0 Å². The zero-order valence-electron chi connectivity index (χ0n) is 21.1. The van der Waals surface area contributed by atoms with Crippen LogP contribution in [0.1, 0.15) is 31.7 Å². The number of nitrogen functional groups attached to an aromatic ring is 1. The van der Waals surface area contributed by atoms with E-state index in [1.807, 2.05) is 18.2 Å². The molecule has 2 N–H and O–H groups in total. The van der Waals surface area contributed by atoms with Gasteiger partial charge in [0.25, 0.3) is 5.91 Å². The van der Waals surface area contributed by atoms with Crippen LogP contribution in [-0.4, -0.2) is 43.6 Å². The molecule has 9 nitrogen and oxygen atoms in total. The second-order valence-electron chi connectivity index (χ2n) is 9.88. The molecule has 2 aromatic carbocycles. The first-order chi connectivity index (χ1) is 19.0. The fourth-order valence-corrected chi connectivity index (χ4v) is 4.98. The molecule has 196 valence electrons. The molecule has 6 rings (SSSR count). The lowest BCUT2D eigenvalue weighted by molar-refractivity contribution is -0.128. The van der Waals surface area contributed by atoms with E-state index in [1.165, 1.54) is 12.4 Å². The van der Waals surface area contributed by atoms with Crippen molar-refractivity contribution >= 4 is 22.8 Å². The van der Waals surface area contributed by atoms with Crippen molar-refractivity contribution in [2.75, 3.05) is 18.8 Å². The number of rotatable bonds is 6. The molecule has 1 amide bonds. The minimum absolute atomic E-state index is 0.188. The van der Waals surface area contributed by atoms with E-state index in [4.69, 9.17) is 15.6 Å². The van der Waals surface area contributed by atoms with E-state index in [1.54, 1.807) is 39.9 Å². The topological polar surface area (TPSA) is 123 Å². The first-order valence-electron chi connectivity index (χ1n) is 12.9. The molecule has 2 aliphatic rings. The summed E-state index contributed by atoms with van der Waals surface area (Å²) in [6.45, 7) is 0.911. The van der Waals surface area contributed by atoms with Gasteiger partial charge >= 0.3 is 0 Å². The Hall–Kier alpha value is -4.78.